The molecule has 3 heterocycles. The maximum absolute atomic E-state index is 14.3. The molecule has 5 rings (SSSR count). The molecule has 1 N–H and O–H groups in total. The second kappa shape index (κ2) is 7.64. The molecule has 1 aliphatic heterocycles. The number of pyridine rings is 1. The average Bonchev–Trinajstić information content (AvgIpc) is 3.34. The van der Waals surface area contributed by atoms with Crippen LogP contribution in [0.15, 0.2) is 36.5 Å². The van der Waals surface area contributed by atoms with Crippen molar-refractivity contribution in [2.45, 2.75) is 38.0 Å². The van der Waals surface area contributed by atoms with Crippen LogP contribution in [-0.2, 0) is 6.54 Å². The van der Waals surface area contributed by atoms with E-state index < -0.39 is 17.5 Å². The summed E-state index contributed by atoms with van der Waals surface area (Å²) in [5.74, 6) is -0.804. The van der Waals surface area contributed by atoms with E-state index in [0.29, 0.717) is 24.4 Å². The van der Waals surface area contributed by atoms with Crippen molar-refractivity contribution in [3.05, 3.63) is 59.4 Å². The number of methoxy groups -OCH3 is 1. The predicted octanol–water partition coefficient (Wildman–Crippen LogP) is 3.65. The summed E-state index contributed by atoms with van der Waals surface area (Å²) >= 11 is 0. The number of carbonyl (C=O) groups excluding carboxylic acids is 1. The molecule has 0 spiro atoms. The first-order valence-corrected chi connectivity index (χ1v) is 10.1. The van der Waals surface area contributed by atoms with Crippen molar-refractivity contribution in [2.24, 2.45) is 0 Å². The van der Waals surface area contributed by atoms with Gasteiger partial charge in [-0.3, -0.25) is 9.48 Å². The third-order valence-corrected chi connectivity index (χ3v) is 5.38. The first-order chi connectivity index (χ1) is 15.0. The van der Waals surface area contributed by atoms with Crippen molar-refractivity contribution >= 4 is 5.91 Å². The minimum Gasteiger partial charge on any atom is -0.490 e. The number of aryl methyl sites for hydroxylation is 1. The number of hydrogen-bond acceptors (Lipinski definition) is 5. The molecule has 1 aliphatic carbocycles. The lowest BCUT2D eigenvalue weighted by atomic mass is 10.1. The molecule has 2 aromatic heterocycles. The van der Waals surface area contributed by atoms with Crippen molar-refractivity contribution in [3.8, 4) is 22.9 Å². The van der Waals surface area contributed by atoms with Gasteiger partial charge in [-0.05, 0) is 37.5 Å². The molecule has 0 radical (unpaired) electrons. The van der Waals surface area contributed by atoms with Crippen LogP contribution in [0, 0.1) is 11.6 Å². The Morgan fingerprint density at radius 2 is 2.00 bits per heavy atom. The highest BCUT2D eigenvalue weighted by molar-refractivity contribution is 5.95. The average molecular weight is 426 g/mol. The first kappa shape index (κ1) is 19.5. The molecule has 2 aliphatic rings. The van der Waals surface area contributed by atoms with Crippen LogP contribution in [0.2, 0.25) is 0 Å². The first-order valence-electron chi connectivity index (χ1n) is 10.1. The number of nitrogens with zero attached hydrogens (tertiary/aromatic N) is 3. The predicted molar refractivity (Wildman–Crippen MR) is 107 cm³/mol. The zero-order valence-corrected chi connectivity index (χ0v) is 16.8. The molecule has 3 aromatic rings. The molecule has 1 saturated carbocycles. The fourth-order valence-corrected chi connectivity index (χ4v) is 3.68. The van der Waals surface area contributed by atoms with Crippen LogP contribution in [0.1, 0.15) is 41.4 Å². The van der Waals surface area contributed by atoms with Gasteiger partial charge in [0, 0.05) is 29.8 Å². The number of halogens is 2. The van der Waals surface area contributed by atoms with Crippen molar-refractivity contribution < 1.29 is 23.0 Å². The van der Waals surface area contributed by atoms with Gasteiger partial charge >= 0.3 is 0 Å². The molecule has 0 bridgehead atoms. The number of nitrogens with one attached hydrogen (secondary N) is 1. The van der Waals surface area contributed by atoms with Crippen molar-refractivity contribution in [1.82, 2.24) is 20.1 Å². The van der Waals surface area contributed by atoms with Crippen molar-refractivity contribution in [3.63, 3.8) is 0 Å². The molecule has 1 atom stereocenters. The number of aromatic nitrogens is 3. The van der Waals surface area contributed by atoms with E-state index in [9.17, 15) is 13.6 Å². The van der Waals surface area contributed by atoms with Crippen molar-refractivity contribution in [1.29, 1.82) is 0 Å². The molecule has 1 aromatic carbocycles. The summed E-state index contributed by atoms with van der Waals surface area (Å²) in [6.07, 6.45) is 3.71. The van der Waals surface area contributed by atoms with Gasteiger partial charge in [-0.1, -0.05) is 0 Å². The monoisotopic (exact) mass is 426 g/mol. The Morgan fingerprint density at radius 1 is 1.16 bits per heavy atom. The van der Waals surface area contributed by atoms with Gasteiger partial charge in [0.2, 0.25) is 5.88 Å². The highest BCUT2D eigenvalue weighted by atomic mass is 19.1. The number of ether oxygens (including phenoxy) is 2. The van der Waals surface area contributed by atoms with Crippen LogP contribution in [0.25, 0.3) is 11.3 Å². The lowest BCUT2D eigenvalue weighted by Gasteiger charge is -2.13. The highest BCUT2D eigenvalue weighted by Crippen LogP contribution is 2.32. The van der Waals surface area contributed by atoms with Gasteiger partial charge in [0.1, 0.15) is 11.6 Å². The summed E-state index contributed by atoms with van der Waals surface area (Å²) in [5.41, 5.74) is 1.65. The summed E-state index contributed by atoms with van der Waals surface area (Å²) in [5, 5.41) is 7.38. The molecule has 0 unspecified atom stereocenters. The second-order valence-corrected chi connectivity index (χ2v) is 7.69. The number of carbonyl (C=O) groups is 1. The van der Waals surface area contributed by atoms with Crippen LogP contribution >= 0.6 is 0 Å². The van der Waals surface area contributed by atoms with E-state index in [2.05, 4.69) is 15.4 Å². The Labute approximate surface area is 177 Å². The van der Waals surface area contributed by atoms with Crippen LogP contribution in [0.3, 0.4) is 0 Å². The number of fused-ring (bicyclic) bond motifs is 1. The maximum atomic E-state index is 14.3. The molecular formula is C22H20F2N4O3. The standard InChI is InChI=1S/C22H20F2N4O3/c1-30-21-9-16(17(24)11-25-21)19-10-20-18(4-5-28(20)27-19)26-22(29)12-6-13(23)8-15(7-12)31-14-2-3-14/h6-11,14,18H,2-5H2,1H3,(H,26,29)/t18-/m1/s1. The fourth-order valence-electron chi connectivity index (χ4n) is 3.68. The largest absolute Gasteiger partial charge is 0.490 e. The number of hydrogen-bond donors (Lipinski definition) is 1. The van der Waals surface area contributed by atoms with Crippen LogP contribution in [-0.4, -0.2) is 33.9 Å². The van der Waals surface area contributed by atoms with Gasteiger partial charge in [0.05, 0.1) is 36.8 Å². The molecule has 31 heavy (non-hydrogen) atoms. The smallest absolute Gasteiger partial charge is 0.252 e. The molecule has 7 nitrogen and oxygen atoms in total. The van der Waals surface area contributed by atoms with E-state index in [0.717, 1.165) is 24.7 Å². The van der Waals surface area contributed by atoms with Crippen LogP contribution in [0.4, 0.5) is 8.78 Å². The quantitative estimate of drug-likeness (QED) is 0.651. The fraction of sp³-hybridized carbons (Fsp3) is 0.318. The second-order valence-electron chi connectivity index (χ2n) is 7.69. The molecule has 1 amide bonds. The third-order valence-electron chi connectivity index (χ3n) is 5.38. The Bertz CT molecular complexity index is 1160. The van der Waals surface area contributed by atoms with Crippen LogP contribution in [0.5, 0.6) is 11.6 Å². The number of rotatable bonds is 6. The minimum absolute atomic E-state index is 0.104. The Morgan fingerprint density at radius 3 is 2.77 bits per heavy atom. The van der Waals surface area contributed by atoms with Gasteiger partial charge in [-0.2, -0.15) is 5.10 Å². The van der Waals surface area contributed by atoms with E-state index in [4.69, 9.17) is 9.47 Å². The van der Waals surface area contributed by atoms with E-state index in [1.165, 1.54) is 25.3 Å². The Balaban J connectivity index is 1.36. The van der Waals surface area contributed by atoms with Gasteiger partial charge in [-0.15, -0.1) is 0 Å². The van der Waals surface area contributed by atoms with Crippen molar-refractivity contribution in [2.75, 3.05) is 7.11 Å². The van der Waals surface area contributed by atoms with E-state index in [1.54, 1.807) is 16.8 Å². The summed E-state index contributed by atoms with van der Waals surface area (Å²) in [4.78, 5) is 16.6. The van der Waals surface area contributed by atoms with Crippen LogP contribution < -0.4 is 14.8 Å². The summed E-state index contributed by atoms with van der Waals surface area (Å²) in [6.45, 7) is 0.573. The lowest BCUT2D eigenvalue weighted by molar-refractivity contribution is 0.0935. The van der Waals surface area contributed by atoms with E-state index in [-0.39, 0.29) is 29.2 Å². The Hall–Kier alpha value is -3.49. The summed E-state index contributed by atoms with van der Waals surface area (Å²) in [6, 6.07) is 6.91. The minimum atomic E-state index is -0.524. The SMILES string of the molecule is COc1cc(-c2cc3n(n2)CC[C@H]3NC(=O)c2cc(F)cc(OC3CC3)c2)c(F)cn1. The van der Waals surface area contributed by atoms with Gasteiger partial charge in [0.25, 0.3) is 5.91 Å². The van der Waals surface area contributed by atoms with E-state index in [1.807, 2.05) is 0 Å². The molecular weight excluding hydrogens is 406 g/mol. The topological polar surface area (TPSA) is 78.3 Å². The van der Waals surface area contributed by atoms with Gasteiger partial charge in [-0.25, -0.2) is 13.8 Å². The molecule has 9 heteroatoms. The highest BCUT2D eigenvalue weighted by Gasteiger charge is 2.28. The molecule has 160 valence electrons. The number of benzene rings is 1. The van der Waals surface area contributed by atoms with Gasteiger partial charge in [0.15, 0.2) is 5.82 Å². The summed E-state index contributed by atoms with van der Waals surface area (Å²) in [7, 11) is 1.45. The Kier molecular flexibility index (Phi) is 4.80. The lowest BCUT2D eigenvalue weighted by Crippen LogP contribution is -2.27. The third kappa shape index (κ3) is 3.95. The zero-order valence-electron chi connectivity index (χ0n) is 16.8. The molecule has 1 fully saturated rings. The zero-order chi connectivity index (χ0) is 21.5. The molecule has 0 saturated heterocycles. The van der Waals surface area contributed by atoms with E-state index >= 15 is 0 Å². The summed E-state index contributed by atoms with van der Waals surface area (Å²) < 4.78 is 40.7. The normalized spacial score (nSPS) is 17.3. The van der Waals surface area contributed by atoms with Gasteiger partial charge < -0.3 is 14.8 Å². The maximum Gasteiger partial charge on any atom is 0.252 e. The number of amides is 1.